The normalized spacial score (nSPS) is 14.1. The first-order chi connectivity index (χ1) is 6.73. The monoisotopic (exact) mass is 238 g/mol. The fourth-order valence-electron chi connectivity index (χ4n) is 1.19. The Bertz CT molecular complexity index is 350. The standard InChI is InChI=1S/C10H10ClF3O/c1-5-3-7(4-8(11)6(5)2)9(15)10(12,13)14/h3-4,9,15H,1-2H3. The molecule has 0 heterocycles. The maximum absolute atomic E-state index is 12.2. The van der Waals surface area contributed by atoms with Crippen LogP contribution < -0.4 is 0 Å². The number of aryl methyl sites for hydroxylation is 1. The summed E-state index contributed by atoms with van der Waals surface area (Å²) in [5.74, 6) is 0. The highest BCUT2D eigenvalue weighted by Crippen LogP contribution is 2.34. The molecule has 0 aliphatic carbocycles. The molecule has 0 fully saturated rings. The summed E-state index contributed by atoms with van der Waals surface area (Å²) in [4.78, 5) is 0. The van der Waals surface area contributed by atoms with Crippen molar-refractivity contribution in [2.45, 2.75) is 26.1 Å². The van der Waals surface area contributed by atoms with Crippen molar-refractivity contribution in [3.63, 3.8) is 0 Å². The van der Waals surface area contributed by atoms with Gasteiger partial charge in [-0.05, 0) is 36.6 Å². The number of halogens is 4. The fourth-order valence-corrected chi connectivity index (χ4v) is 1.46. The quantitative estimate of drug-likeness (QED) is 0.793. The predicted octanol–water partition coefficient (Wildman–Crippen LogP) is 3.55. The number of rotatable bonds is 1. The minimum Gasteiger partial charge on any atom is -0.379 e. The maximum Gasteiger partial charge on any atom is 0.418 e. The van der Waals surface area contributed by atoms with Crippen LogP contribution in [0.5, 0.6) is 0 Å². The van der Waals surface area contributed by atoms with Gasteiger partial charge in [0.1, 0.15) is 0 Å². The summed E-state index contributed by atoms with van der Waals surface area (Å²) >= 11 is 5.73. The van der Waals surface area contributed by atoms with E-state index in [0.717, 1.165) is 11.6 Å². The molecule has 1 rings (SSSR count). The molecule has 1 N–H and O–H groups in total. The zero-order valence-corrected chi connectivity index (χ0v) is 8.95. The smallest absolute Gasteiger partial charge is 0.379 e. The molecule has 5 heteroatoms. The first-order valence-corrected chi connectivity index (χ1v) is 4.62. The van der Waals surface area contributed by atoms with Crippen LogP contribution in [0.15, 0.2) is 12.1 Å². The number of alkyl halides is 3. The first kappa shape index (κ1) is 12.3. The number of hydrogen-bond donors (Lipinski definition) is 1. The van der Waals surface area contributed by atoms with Gasteiger partial charge in [-0.2, -0.15) is 13.2 Å². The summed E-state index contributed by atoms with van der Waals surface area (Å²) < 4.78 is 36.6. The number of hydrogen-bond acceptors (Lipinski definition) is 1. The Balaban J connectivity index is 3.17. The van der Waals surface area contributed by atoms with E-state index in [1.807, 2.05) is 0 Å². The second-order valence-electron chi connectivity index (χ2n) is 3.39. The molecule has 0 aliphatic rings. The topological polar surface area (TPSA) is 20.2 Å². The molecular weight excluding hydrogens is 229 g/mol. The highest BCUT2D eigenvalue weighted by Gasteiger charge is 2.39. The highest BCUT2D eigenvalue weighted by molar-refractivity contribution is 6.31. The molecule has 1 unspecified atom stereocenters. The van der Waals surface area contributed by atoms with Gasteiger partial charge in [-0.15, -0.1) is 0 Å². The van der Waals surface area contributed by atoms with Crippen LogP contribution in [0, 0.1) is 13.8 Å². The fraction of sp³-hybridized carbons (Fsp3) is 0.400. The molecular formula is C10H10ClF3O. The summed E-state index contributed by atoms with van der Waals surface area (Å²) in [6, 6.07) is 2.43. The van der Waals surface area contributed by atoms with E-state index in [4.69, 9.17) is 16.7 Å². The molecule has 84 valence electrons. The molecule has 1 aromatic carbocycles. The summed E-state index contributed by atoms with van der Waals surface area (Å²) in [7, 11) is 0. The van der Waals surface area contributed by atoms with Gasteiger partial charge in [-0.1, -0.05) is 17.7 Å². The van der Waals surface area contributed by atoms with Crippen LogP contribution in [0.3, 0.4) is 0 Å². The van der Waals surface area contributed by atoms with Crippen molar-refractivity contribution in [2.75, 3.05) is 0 Å². The molecule has 1 aromatic rings. The molecule has 1 atom stereocenters. The van der Waals surface area contributed by atoms with Gasteiger partial charge in [0.25, 0.3) is 0 Å². The highest BCUT2D eigenvalue weighted by atomic mass is 35.5. The third-order valence-electron chi connectivity index (χ3n) is 2.25. The molecule has 0 amide bonds. The Morgan fingerprint density at radius 2 is 1.80 bits per heavy atom. The van der Waals surface area contributed by atoms with E-state index in [9.17, 15) is 13.2 Å². The molecule has 1 nitrogen and oxygen atoms in total. The second kappa shape index (κ2) is 4.02. The largest absolute Gasteiger partial charge is 0.418 e. The van der Waals surface area contributed by atoms with Crippen LogP contribution in [0.2, 0.25) is 5.02 Å². The van der Waals surface area contributed by atoms with Gasteiger partial charge in [0.15, 0.2) is 6.10 Å². The average molecular weight is 239 g/mol. The Morgan fingerprint density at radius 1 is 1.27 bits per heavy atom. The Kier molecular flexibility index (Phi) is 3.31. The molecule has 0 spiro atoms. The van der Waals surface area contributed by atoms with Crippen LogP contribution in [-0.2, 0) is 0 Å². The maximum atomic E-state index is 12.2. The average Bonchev–Trinajstić information content (AvgIpc) is 2.10. The van der Waals surface area contributed by atoms with Gasteiger partial charge >= 0.3 is 6.18 Å². The van der Waals surface area contributed by atoms with Gasteiger partial charge in [0.05, 0.1) is 0 Å². The van der Waals surface area contributed by atoms with E-state index in [2.05, 4.69) is 0 Å². The Labute approximate surface area is 90.5 Å². The van der Waals surface area contributed by atoms with Crippen LogP contribution in [0.4, 0.5) is 13.2 Å². The van der Waals surface area contributed by atoms with Gasteiger partial charge in [-0.3, -0.25) is 0 Å². The number of aliphatic hydroxyl groups is 1. The van der Waals surface area contributed by atoms with Gasteiger partial charge in [0.2, 0.25) is 0 Å². The minimum atomic E-state index is -4.66. The Hall–Kier alpha value is -0.740. The molecule has 15 heavy (non-hydrogen) atoms. The summed E-state index contributed by atoms with van der Waals surface area (Å²) in [5, 5.41) is 9.24. The number of aliphatic hydroxyl groups excluding tert-OH is 1. The van der Waals surface area contributed by atoms with Gasteiger partial charge < -0.3 is 5.11 Å². The van der Waals surface area contributed by atoms with E-state index < -0.39 is 12.3 Å². The number of benzene rings is 1. The lowest BCUT2D eigenvalue weighted by atomic mass is 10.0. The lowest BCUT2D eigenvalue weighted by Gasteiger charge is -2.16. The summed E-state index contributed by atoms with van der Waals surface area (Å²) in [6.45, 7) is 3.36. The van der Waals surface area contributed by atoms with E-state index >= 15 is 0 Å². The molecule has 0 saturated heterocycles. The van der Waals surface area contributed by atoms with E-state index in [-0.39, 0.29) is 10.6 Å². The van der Waals surface area contributed by atoms with Crippen LogP contribution in [0.25, 0.3) is 0 Å². The zero-order valence-electron chi connectivity index (χ0n) is 8.19. The third kappa shape index (κ3) is 2.63. The SMILES string of the molecule is Cc1cc(C(O)C(F)(F)F)cc(Cl)c1C. The first-order valence-electron chi connectivity index (χ1n) is 4.25. The van der Waals surface area contributed by atoms with Gasteiger partial charge in [0, 0.05) is 5.02 Å². The minimum absolute atomic E-state index is 0.226. The van der Waals surface area contributed by atoms with Crippen LogP contribution >= 0.6 is 11.6 Å². The molecule has 0 aliphatic heterocycles. The predicted molar refractivity (Wildman–Crippen MR) is 51.9 cm³/mol. The zero-order chi connectivity index (χ0) is 11.8. The van der Waals surface area contributed by atoms with Crippen molar-refractivity contribution in [1.82, 2.24) is 0 Å². The van der Waals surface area contributed by atoms with Crippen molar-refractivity contribution in [3.05, 3.63) is 33.8 Å². The Morgan fingerprint density at radius 3 is 2.20 bits per heavy atom. The molecule has 0 radical (unpaired) electrons. The molecule has 0 saturated carbocycles. The third-order valence-corrected chi connectivity index (χ3v) is 2.64. The van der Waals surface area contributed by atoms with Crippen molar-refractivity contribution in [2.24, 2.45) is 0 Å². The summed E-state index contributed by atoms with van der Waals surface area (Å²) in [6.07, 6.45) is -7.14. The van der Waals surface area contributed by atoms with Crippen LogP contribution in [0.1, 0.15) is 22.8 Å². The van der Waals surface area contributed by atoms with Crippen molar-refractivity contribution in [1.29, 1.82) is 0 Å². The van der Waals surface area contributed by atoms with E-state index in [1.165, 1.54) is 6.07 Å². The van der Waals surface area contributed by atoms with E-state index in [0.29, 0.717) is 5.56 Å². The second-order valence-corrected chi connectivity index (χ2v) is 3.80. The molecule has 0 bridgehead atoms. The van der Waals surface area contributed by atoms with Crippen molar-refractivity contribution in [3.8, 4) is 0 Å². The lowest BCUT2D eigenvalue weighted by molar-refractivity contribution is -0.206. The molecule has 0 aromatic heterocycles. The van der Waals surface area contributed by atoms with Crippen molar-refractivity contribution >= 4 is 11.6 Å². The summed E-state index contributed by atoms with van der Waals surface area (Å²) in [5.41, 5.74) is 1.12. The van der Waals surface area contributed by atoms with Crippen LogP contribution in [-0.4, -0.2) is 11.3 Å². The van der Waals surface area contributed by atoms with E-state index in [1.54, 1.807) is 13.8 Å². The van der Waals surface area contributed by atoms with Gasteiger partial charge in [-0.25, -0.2) is 0 Å². The van der Waals surface area contributed by atoms with Crippen molar-refractivity contribution < 1.29 is 18.3 Å². The lowest BCUT2D eigenvalue weighted by Crippen LogP contribution is -2.20.